The normalized spacial score (nSPS) is 26.9. The van der Waals surface area contributed by atoms with Gasteiger partial charge >= 0.3 is 0 Å². The lowest BCUT2D eigenvalue weighted by Gasteiger charge is -2.39. The molecule has 0 saturated carbocycles. The van der Waals surface area contributed by atoms with Crippen molar-refractivity contribution >= 4 is 17.5 Å². The van der Waals surface area contributed by atoms with Gasteiger partial charge in [-0.1, -0.05) is 23.7 Å². The fourth-order valence-corrected chi connectivity index (χ4v) is 3.37. The van der Waals surface area contributed by atoms with Crippen molar-refractivity contribution in [1.82, 2.24) is 4.90 Å². The fraction of sp³-hybridized carbons (Fsp3) is 0.533. The van der Waals surface area contributed by atoms with Gasteiger partial charge in [-0.3, -0.25) is 4.79 Å². The summed E-state index contributed by atoms with van der Waals surface area (Å²) in [7, 11) is 0. The van der Waals surface area contributed by atoms with Gasteiger partial charge in [-0.15, -0.1) is 0 Å². The van der Waals surface area contributed by atoms with Crippen LogP contribution in [0.2, 0.25) is 5.02 Å². The van der Waals surface area contributed by atoms with Crippen molar-refractivity contribution in [2.45, 2.75) is 19.3 Å². The van der Waals surface area contributed by atoms with E-state index in [0.29, 0.717) is 10.6 Å². The first kappa shape index (κ1) is 12.9. The number of carbonyl (C=O) groups excluding carboxylic acids is 1. The number of nitrogens with zero attached hydrogens (tertiary/aromatic N) is 1. The molecule has 2 saturated heterocycles. The average molecular weight is 280 g/mol. The molecule has 0 unspecified atom stereocenters. The van der Waals surface area contributed by atoms with Crippen molar-refractivity contribution in [3.05, 3.63) is 34.9 Å². The summed E-state index contributed by atoms with van der Waals surface area (Å²) in [6.07, 6.45) is 3.29. The number of amides is 1. The predicted molar refractivity (Wildman–Crippen MR) is 74.5 cm³/mol. The molecule has 0 bridgehead atoms. The van der Waals surface area contributed by atoms with Crippen molar-refractivity contribution in [3.63, 3.8) is 0 Å². The van der Waals surface area contributed by atoms with E-state index in [1.807, 2.05) is 17.0 Å². The molecule has 3 rings (SSSR count). The number of carbonyl (C=O) groups is 1. The van der Waals surface area contributed by atoms with E-state index in [-0.39, 0.29) is 11.3 Å². The van der Waals surface area contributed by atoms with Gasteiger partial charge in [0.15, 0.2) is 0 Å². The van der Waals surface area contributed by atoms with Crippen molar-refractivity contribution < 1.29 is 9.53 Å². The van der Waals surface area contributed by atoms with Gasteiger partial charge < -0.3 is 9.64 Å². The van der Waals surface area contributed by atoms with Gasteiger partial charge in [0.05, 0.1) is 17.2 Å². The molecule has 1 aromatic carbocycles. The maximum Gasteiger partial charge on any atom is 0.255 e. The number of halogens is 1. The Labute approximate surface area is 118 Å². The van der Waals surface area contributed by atoms with Gasteiger partial charge in [0, 0.05) is 25.1 Å². The summed E-state index contributed by atoms with van der Waals surface area (Å²) < 4.78 is 5.53. The molecule has 2 aliphatic rings. The van der Waals surface area contributed by atoms with E-state index in [0.717, 1.165) is 39.1 Å². The zero-order chi connectivity index (χ0) is 13.3. The van der Waals surface area contributed by atoms with E-state index in [4.69, 9.17) is 16.3 Å². The van der Waals surface area contributed by atoms with Crippen LogP contribution in [0.25, 0.3) is 0 Å². The monoisotopic (exact) mass is 279 g/mol. The highest BCUT2D eigenvalue weighted by molar-refractivity contribution is 6.33. The summed E-state index contributed by atoms with van der Waals surface area (Å²) in [4.78, 5) is 14.5. The number of rotatable bonds is 1. The zero-order valence-electron chi connectivity index (χ0n) is 10.9. The van der Waals surface area contributed by atoms with Gasteiger partial charge in [0.2, 0.25) is 0 Å². The SMILES string of the molecule is O=C(c1ccccc1Cl)N1CCC[C@@]2(CCOC2)C1. The third-order valence-electron chi connectivity index (χ3n) is 4.24. The van der Waals surface area contributed by atoms with Gasteiger partial charge in [0.1, 0.15) is 0 Å². The van der Waals surface area contributed by atoms with Crippen molar-refractivity contribution in [1.29, 1.82) is 0 Å². The molecule has 19 heavy (non-hydrogen) atoms. The van der Waals surface area contributed by atoms with E-state index >= 15 is 0 Å². The summed E-state index contributed by atoms with van der Waals surface area (Å²) in [5.41, 5.74) is 0.801. The van der Waals surface area contributed by atoms with Crippen LogP contribution in [0.1, 0.15) is 29.6 Å². The van der Waals surface area contributed by atoms with Crippen molar-refractivity contribution in [2.75, 3.05) is 26.3 Å². The third-order valence-corrected chi connectivity index (χ3v) is 4.57. The van der Waals surface area contributed by atoms with Crippen LogP contribution in [-0.2, 0) is 4.74 Å². The molecule has 2 fully saturated rings. The summed E-state index contributed by atoms with van der Waals surface area (Å²) in [5, 5.41) is 0.537. The highest BCUT2D eigenvalue weighted by atomic mass is 35.5. The van der Waals surface area contributed by atoms with Gasteiger partial charge in [-0.25, -0.2) is 0 Å². The van der Waals surface area contributed by atoms with Crippen LogP contribution in [0.5, 0.6) is 0 Å². The Morgan fingerprint density at radius 1 is 1.32 bits per heavy atom. The second kappa shape index (κ2) is 5.14. The first-order valence-corrected chi connectivity index (χ1v) is 7.20. The molecule has 1 aromatic rings. The van der Waals surface area contributed by atoms with Gasteiger partial charge in [-0.2, -0.15) is 0 Å². The third kappa shape index (κ3) is 2.49. The Morgan fingerprint density at radius 2 is 2.16 bits per heavy atom. The predicted octanol–water partition coefficient (Wildman–Crippen LogP) is 2.98. The Morgan fingerprint density at radius 3 is 2.89 bits per heavy atom. The van der Waals surface area contributed by atoms with E-state index in [2.05, 4.69) is 0 Å². The minimum Gasteiger partial charge on any atom is -0.381 e. The van der Waals surface area contributed by atoms with E-state index in [1.165, 1.54) is 6.42 Å². The smallest absolute Gasteiger partial charge is 0.255 e. The Bertz CT molecular complexity index is 483. The minimum atomic E-state index is 0.0524. The molecule has 1 amide bonds. The Kier molecular flexibility index (Phi) is 3.50. The van der Waals surface area contributed by atoms with Crippen LogP contribution >= 0.6 is 11.6 Å². The maximum atomic E-state index is 12.6. The van der Waals surface area contributed by atoms with Gasteiger partial charge in [-0.05, 0) is 31.4 Å². The highest BCUT2D eigenvalue weighted by Gasteiger charge is 2.40. The van der Waals surface area contributed by atoms with Crippen LogP contribution in [0, 0.1) is 5.41 Å². The molecule has 4 heteroatoms. The molecule has 1 atom stereocenters. The maximum absolute atomic E-state index is 12.6. The molecule has 0 N–H and O–H groups in total. The standard InChI is InChI=1S/C15H18ClNO2/c16-13-5-2-1-4-12(13)14(18)17-8-3-6-15(10-17)7-9-19-11-15/h1-2,4-5H,3,6-11H2/t15-/m1/s1. The second-order valence-electron chi connectivity index (χ2n) is 5.61. The summed E-state index contributed by atoms with van der Waals surface area (Å²) >= 11 is 6.12. The number of hydrogen-bond donors (Lipinski definition) is 0. The molecule has 0 aromatic heterocycles. The lowest BCUT2D eigenvalue weighted by Crippen LogP contribution is -2.46. The van der Waals surface area contributed by atoms with Crippen LogP contribution in [0.15, 0.2) is 24.3 Å². The van der Waals surface area contributed by atoms with Gasteiger partial charge in [0.25, 0.3) is 5.91 Å². The molecule has 102 valence electrons. The topological polar surface area (TPSA) is 29.5 Å². The van der Waals surface area contributed by atoms with E-state index < -0.39 is 0 Å². The second-order valence-corrected chi connectivity index (χ2v) is 6.02. The number of hydrogen-bond acceptors (Lipinski definition) is 2. The molecular formula is C15H18ClNO2. The number of ether oxygens (including phenoxy) is 1. The lowest BCUT2D eigenvalue weighted by molar-refractivity contribution is 0.0463. The number of benzene rings is 1. The molecule has 0 aliphatic carbocycles. The average Bonchev–Trinajstić information content (AvgIpc) is 2.86. The van der Waals surface area contributed by atoms with Crippen LogP contribution in [-0.4, -0.2) is 37.1 Å². The van der Waals surface area contributed by atoms with Crippen LogP contribution < -0.4 is 0 Å². The molecule has 1 spiro atoms. The summed E-state index contributed by atoms with van der Waals surface area (Å²) in [5.74, 6) is 0.0524. The van der Waals surface area contributed by atoms with Crippen molar-refractivity contribution in [2.24, 2.45) is 5.41 Å². The fourth-order valence-electron chi connectivity index (χ4n) is 3.16. The lowest BCUT2D eigenvalue weighted by atomic mass is 9.79. The molecule has 2 aliphatic heterocycles. The van der Waals surface area contributed by atoms with Crippen molar-refractivity contribution in [3.8, 4) is 0 Å². The first-order valence-electron chi connectivity index (χ1n) is 6.82. The summed E-state index contributed by atoms with van der Waals surface area (Å²) in [6, 6.07) is 7.28. The quantitative estimate of drug-likeness (QED) is 0.791. The highest BCUT2D eigenvalue weighted by Crippen LogP contribution is 2.38. The van der Waals surface area contributed by atoms with Crippen LogP contribution in [0.3, 0.4) is 0 Å². The molecule has 3 nitrogen and oxygen atoms in total. The van der Waals surface area contributed by atoms with E-state index in [1.54, 1.807) is 12.1 Å². The molecule has 2 heterocycles. The first-order chi connectivity index (χ1) is 9.20. The molecule has 0 radical (unpaired) electrons. The minimum absolute atomic E-state index is 0.0524. The number of piperidine rings is 1. The summed E-state index contributed by atoms with van der Waals surface area (Å²) in [6.45, 7) is 3.25. The largest absolute Gasteiger partial charge is 0.381 e. The Balaban J connectivity index is 1.78. The molecular weight excluding hydrogens is 262 g/mol. The Hall–Kier alpha value is -1.06. The van der Waals surface area contributed by atoms with Crippen LogP contribution in [0.4, 0.5) is 0 Å². The zero-order valence-corrected chi connectivity index (χ0v) is 11.7. The number of likely N-dealkylation sites (tertiary alicyclic amines) is 1. The van der Waals surface area contributed by atoms with E-state index in [9.17, 15) is 4.79 Å².